The topological polar surface area (TPSA) is 77.8 Å². The Morgan fingerprint density at radius 3 is 2.09 bits per heavy atom. The summed E-state index contributed by atoms with van der Waals surface area (Å²) in [4.78, 5) is 22.2. The van der Waals surface area contributed by atoms with Crippen LogP contribution in [0.15, 0.2) is 0 Å². The fraction of sp³-hybridized carbons (Fsp3) is 0.867. The number of rotatable bonds is 3. The van der Waals surface area contributed by atoms with Crippen LogP contribution in [-0.4, -0.2) is 52.4 Å². The monoisotopic (exact) mass is 339 g/mol. The molecule has 1 saturated heterocycles. The molecular formula is C15H24F3NO4. The van der Waals surface area contributed by atoms with Gasteiger partial charge in [0.15, 0.2) is 0 Å². The predicted molar refractivity (Wildman–Crippen MR) is 77.1 cm³/mol. The second kappa shape index (κ2) is 7.99. The van der Waals surface area contributed by atoms with E-state index >= 15 is 0 Å². The van der Waals surface area contributed by atoms with Crippen LogP contribution in [0.25, 0.3) is 0 Å². The van der Waals surface area contributed by atoms with Gasteiger partial charge in [-0.1, -0.05) is 26.2 Å². The molecule has 1 aliphatic heterocycles. The minimum absolute atomic E-state index is 0.209. The number of alkyl halides is 3. The molecule has 1 atom stereocenters. The highest BCUT2D eigenvalue weighted by atomic mass is 19.4. The normalized spacial score (nSPS) is 24.6. The van der Waals surface area contributed by atoms with E-state index < -0.39 is 18.1 Å². The molecule has 2 N–H and O–H groups in total. The molecule has 0 aromatic heterocycles. The lowest BCUT2D eigenvalue weighted by atomic mass is 9.75. The summed E-state index contributed by atoms with van der Waals surface area (Å²) < 4.78 is 31.7. The van der Waals surface area contributed by atoms with Gasteiger partial charge in [0.1, 0.15) is 6.04 Å². The van der Waals surface area contributed by atoms with Gasteiger partial charge in [0.05, 0.1) is 0 Å². The Morgan fingerprint density at radius 2 is 1.65 bits per heavy atom. The minimum atomic E-state index is -5.08. The molecule has 1 heterocycles. The zero-order valence-corrected chi connectivity index (χ0v) is 13.2. The van der Waals surface area contributed by atoms with Crippen molar-refractivity contribution in [1.29, 1.82) is 0 Å². The largest absolute Gasteiger partial charge is 0.490 e. The summed E-state index contributed by atoms with van der Waals surface area (Å²) in [5.41, 5.74) is 0.371. The molecule has 0 bridgehead atoms. The molecule has 1 saturated carbocycles. The fourth-order valence-electron chi connectivity index (χ4n) is 3.35. The number of nitrogens with zero attached hydrogens (tertiary/aromatic N) is 1. The third kappa shape index (κ3) is 6.37. The fourth-order valence-corrected chi connectivity index (χ4v) is 3.35. The Labute approximate surface area is 133 Å². The Morgan fingerprint density at radius 1 is 1.13 bits per heavy atom. The third-order valence-corrected chi connectivity index (χ3v) is 4.54. The van der Waals surface area contributed by atoms with Crippen LogP contribution in [0, 0.1) is 5.41 Å². The summed E-state index contributed by atoms with van der Waals surface area (Å²) in [5.74, 6) is -3.38. The number of hydrogen-bond acceptors (Lipinski definition) is 3. The SMILES string of the molecule is CC1(CN2CCCC2C(=O)O)CCCCC1.O=C(O)C(F)(F)F. The molecule has 0 amide bonds. The number of halogens is 3. The summed E-state index contributed by atoms with van der Waals surface area (Å²) in [6, 6.07) is -0.209. The maximum atomic E-state index is 11.1. The Hall–Kier alpha value is -1.31. The van der Waals surface area contributed by atoms with Gasteiger partial charge in [-0.3, -0.25) is 9.69 Å². The Bertz CT molecular complexity index is 419. The van der Waals surface area contributed by atoms with Gasteiger partial charge in [-0.25, -0.2) is 4.79 Å². The van der Waals surface area contributed by atoms with Crippen LogP contribution >= 0.6 is 0 Å². The van der Waals surface area contributed by atoms with E-state index in [1.54, 1.807) is 0 Å². The van der Waals surface area contributed by atoms with E-state index in [-0.39, 0.29) is 6.04 Å². The van der Waals surface area contributed by atoms with Crippen molar-refractivity contribution < 1.29 is 33.0 Å². The highest BCUT2D eigenvalue weighted by molar-refractivity contribution is 5.73. The zero-order valence-electron chi connectivity index (χ0n) is 13.2. The van der Waals surface area contributed by atoms with Crippen molar-refractivity contribution in [1.82, 2.24) is 4.90 Å². The Kier molecular flexibility index (Phi) is 6.85. The second-order valence-corrected chi connectivity index (χ2v) is 6.64. The van der Waals surface area contributed by atoms with E-state index in [9.17, 15) is 18.0 Å². The number of likely N-dealkylation sites (tertiary alicyclic amines) is 1. The van der Waals surface area contributed by atoms with Crippen molar-refractivity contribution in [2.24, 2.45) is 5.41 Å². The summed E-state index contributed by atoms with van der Waals surface area (Å²) in [6.45, 7) is 4.31. The average Bonchev–Trinajstić information content (AvgIpc) is 2.86. The van der Waals surface area contributed by atoms with E-state index in [4.69, 9.17) is 15.0 Å². The molecule has 134 valence electrons. The molecule has 2 fully saturated rings. The van der Waals surface area contributed by atoms with E-state index in [2.05, 4.69) is 11.8 Å². The summed E-state index contributed by atoms with van der Waals surface area (Å²) in [5, 5.41) is 16.3. The molecule has 1 aliphatic carbocycles. The number of carboxylic acids is 2. The van der Waals surface area contributed by atoms with Crippen LogP contribution < -0.4 is 0 Å². The molecule has 0 spiro atoms. The summed E-state index contributed by atoms with van der Waals surface area (Å²) in [6.07, 6.45) is 3.35. The first-order valence-electron chi connectivity index (χ1n) is 7.82. The van der Waals surface area contributed by atoms with E-state index in [1.807, 2.05) is 0 Å². The molecule has 2 rings (SSSR count). The number of carbonyl (C=O) groups is 2. The second-order valence-electron chi connectivity index (χ2n) is 6.64. The van der Waals surface area contributed by atoms with E-state index in [0.717, 1.165) is 25.9 Å². The van der Waals surface area contributed by atoms with Crippen molar-refractivity contribution >= 4 is 11.9 Å². The van der Waals surface area contributed by atoms with Crippen molar-refractivity contribution in [3.63, 3.8) is 0 Å². The smallest absolute Gasteiger partial charge is 0.480 e. The first kappa shape index (κ1) is 19.7. The summed E-state index contributed by atoms with van der Waals surface area (Å²) in [7, 11) is 0. The van der Waals surface area contributed by atoms with Crippen LogP contribution in [0.3, 0.4) is 0 Å². The molecule has 0 radical (unpaired) electrons. The van der Waals surface area contributed by atoms with Gasteiger partial charge in [-0.05, 0) is 37.6 Å². The lowest BCUT2D eigenvalue weighted by molar-refractivity contribution is -0.192. The van der Waals surface area contributed by atoms with Gasteiger partial charge in [0.25, 0.3) is 0 Å². The molecule has 8 heteroatoms. The molecule has 1 unspecified atom stereocenters. The van der Waals surface area contributed by atoms with Gasteiger partial charge in [-0.2, -0.15) is 13.2 Å². The van der Waals surface area contributed by atoms with Gasteiger partial charge >= 0.3 is 18.1 Å². The highest BCUT2D eigenvalue weighted by Crippen LogP contribution is 2.37. The number of aliphatic carboxylic acids is 2. The number of hydrogen-bond donors (Lipinski definition) is 2. The molecular weight excluding hydrogens is 315 g/mol. The lowest BCUT2D eigenvalue weighted by Gasteiger charge is -2.38. The van der Waals surface area contributed by atoms with Gasteiger partial charge in [0, 0.05) is 6.54 Å². The number of carboxylic acid groups (broad SMARTS) is 2. The standard InChI is InChI=1S/C13H23NO2.C2HF3O2/c1-13(7-3-2-4-8-13)10-14-9-5-6-11(14)12(15)16;3-2(4,5)1(6)7/h11H,2-10H2,1H3,(H,15,16);(H,6,7). The van der Waals surface area contributed by atoms with Gasteiger partial charge in [0.2, 0.25) is 0 Å². The molecule has 23 heavy (non-hydrogen) atoms. The third-order valence-electron chi connectivity index (χ3n) is 4.54. The first-order valence-corrected chi connectivity index (χ1v) is 7.82. The van der Waals surface area contributed by atoms with Crippen LogP contribution in [0.2, 0.25) is 0 Å². The van der Waals surface area contributed by atoms with Crippen LogP contribution in [0.4, 0.5) is 13.2 Å². The van der Waals surface area contributed by atoms with Crippen molar-refractivity contribution in [3.05, 3.63) is 0 Å². The minimum Gasteiger partial charge on any atom is -0.480 e. The zero-order chi connectivity index (χ0) is 17.7. The van der Waals surface area contributed by atoms with E-state index in [1.165, 1.54) is 32.1 Å². The van der Waals surface area contributed by atoms with Crippen LogP contribution in [-0.2, 0) is 9.59 Å². The molecule has 5 nitrogen and oxygen atoms in total. The van der Waals surface area contributed by atoms with Crippen LogP contribution in [0.5, 0.6) is 0 Å². The molecule has 2 aliphatic rings. The molecule has 0 aromatic carbocycles. The summed E-state index contributed by atoms with van der Waals surface area (Å²) >= 11 is 0. The van der Waals surface area contributed by atoms with Crippen LogP contribution in [0.1, 0.15) is 51.9 Å². The van der Waals surface area contributed by atoms with E-state index in [0.29, 0.717) is 5.41 Å². The molecule has 0 aromatic rings. The maximum absolute atomic E-state index is 11.1. The van der Waals surface area contributed by atoms with Crippen molar-refractivity contribution in [2.45, 2.75) is 64.1 Å². The van der Waals surface area contributed by atoms with Crippen molar-refractivity contribution in [2.75, 3.05) is 13.1 Å². The average molecular weight is 339 g/mol. The van der Waals surface area contributed by atoms with Gasteiger partial charge < -0.3 is 10.2 Å². The lowest BCUT2D eigenvalue weighted by Crippen LogP contribution is -2.43. The maximum Gasteiger partial charge on any atom is 0.490 e. The predicted octanol–water partition coefficient (Wildman–Crippen LogP) is 3.14. The quantitative estimate of drug-likeness (QED) is 0.826. The highest BCUT2D eigenvalue weighted by Gasteiger charge is 2.38. The van der Waals surface area contributed by atoms with Crippen molar-refractivity contribution in [3.8, 4) is 0 Å². The first-order chi connectivity index (χ1) is 10.6. The Balaban J connectivity index is 0.000000322. The van der Waals surface area contributed by atoms with Gasteiger partial charge in [-0.15, -0.1) is 0 Å².